The smallest absolute Gasteiger partial charge is 0.165 e. The number of thiophene rings is 2. The second kappa shape index (κ2) is 15.8. The molecule has 0 saturated carbocycles. The predicted octanol–water partition coefficient (Wildman–Crippen LogP) is 19.2. The van der Waals surface area contributed by atoms with Crippen LogP contribution >= 0.6 is 22.7 Å². The first-order valence-corrected chi connectivity index (χ1v) is 27.4. The largest absolute Gasteiger partial charge is 0.456 e. The van der Waals surface area contributed by atoms with E-state index in [9.17, 15) is 0 Å². The average molecular weight is 1000 g/mol. The maximum Gasteiger partial charge on any atom is 0.165 e. The summed E-state index contributed by atoms with van der Waals surface area (Å²) in [7, 11) is 0. The molecule has 4 aromatic heterocycles. The van der Waals surface area contributed by atoms with Crippen molar-refractivity contribution in [3.63, 3.8) is 0 Å². The Balaban J connectivity index is 0.854. The Morgan fingerprint density at radius 2 is 0.803 bits per heavy atom. The van der Waals surface area contributed by atoms with E-state index < -0.39 is 5.41 Å². The van der Waals surface area contributed by atoms with Crippen molar-refractivity contribution < 1.29 is 4.42 Å². The Morgan fingerprint density at radius 1 is 0.303 bits per heavy atom. The number of benzene rings is 11. The van der Waals surface area contributed by atoms with Crippen LogP contribution < -0.4 is 0 Å². The van der Waals surface area contributed by atoms with E-state index in [1.54, 1.807) is 22.7 Å². The van der Waals surface area contributed by atoms with E-state index in [-0.39, 0.29) is 0 Å². The molecule has 76 heavy (non-hydrogen) atoms. The minimum atomic E-state index is -0.458. The molecule has 0 amide bonds. The van der Waals surface area contributed by atoms with Crippen molar-refractivity contribution in [2.45, 2.75) is 5.41 Å². The van der Waals surface area contributed by atoms with Gasteiger partial charge in [0.25, 0.3) is 0 Å². The molecule has 0 N–H and O–H groups in total. The highest BCUT2D eigenvalue weighted by Crippen LogP contribution is 2.64. The van der Waals surface area contributed by atoms with Crippen LogP contribution in [0.2, 0.25) is 0 Å². The third kappa shape index (κ3) is 5.80. The van der Waals surface area contributed by atoms with Gasteiger partial charge < -0.3 is 4.42 Å². The van der Waals surface area contributed by atoms with E-state index in [0.717, 1.165) is 59.8 Å². The highest BCUT2D eigenvalue weighted by molar-refractivity contribution is 7.26. The lowest BCUT2D eigenvalue weighted by Gasteiger charge is -2.32. The normalized spacial score (nSPS) is 13.1. The molecule has 0 atom stereocenters. The monoisotopic (exact) mass is 1000 g/mol. The molecular weight excluding hydrogens is 963 g/mol. The van der Waals surface area contributed by atoms with Gasteiger partial charge in [0.2, 0.25) is 0 Å². The summed E-state index contributed by atoms with van der Waals surface area (Å²) < 4.78 is 11.6. The lowest BCUT2D eigenvalue weighted by atomic mass is 9.68. The molecule has 2 aliphatic rings. The van der Waals surface area contributed by atoms with Gasteiger partial charge in [-0.25, -0.2) is 15.0 Å². The van der Waals surface area contributed by atoms with Gasteiger partial charge in [-0.05, 0) is 115 Å². The fourth-order valence-electron chi connectivity index (χ4n) is 13.1. The van der Waals surface area contributed by atoms with Crippen molar-refractivity contribution in [2.24, 2.45) is 0 Å². The summed E-state index contributed by atoms with van der Waals surface area (Å²) in [6.07, 6.45) is 0. The predicted molar refractivity (Wildman–Crippen MR) is 316 cm³/mol. The van der Waals surface area contributed by atoms with Crippen molar-refractivity contribution >= 4 is 85.0 Å². The summed E-state index contributed by atoms with van der Waals surface area (Å²) in [6.45, 7) is 0. The number of hydrogen-bond acceptors (Lipinski definition) is 6. The summed E-state index contributed by atoms with van der Waals surface area (Å²) in [5, 5.41) is 6.76. The van der Waals surface area contributed by atoms with Crippen LogP contribution in [0.15, 0.2) is 241 Å². The van der Waals surface area contributed by atoms with E-state index >= 15 is 0 Å². The van der Waals surface area contributed by atoms with Gasteiger partial charge in [0, 0.05) is 67.8 Å². The van der Waals surface area contributed by atoms with E-state index in [2.05, 4.69) is 237 Å². The summed E-state index contributed by atoms with van der Waals surface area (Å²) in [6, 6.07) is 86.2. The lowest BCUT2D eigenvalue weighted by Crippen LogP contribution is -2.26. The van der Waals surface area contributed by atoms with Gasteiger partial charge in [0.05, 0.1) is 5.41 Å². The second-order valence-electron chi connectivity index (χ2n) is 20.1. The van der Waals surface area contributed by atoms with Gasteiger partial charge in [0.15, 0.2) is 17.5 Å². The van der Waals surface area contributed by atoms with Crippen LogP contribution in [0.25, 0.3) is 141 Å². The first-order chi connectivity index (χ1) is 37.7. The quantitative estimate of drug-likeness (QED) is 0.172. The zero-order chi connectivity index (χ0) is 49.6. The molecule has 2 aliphatic carbocycles. The molecule has 17 rings (SSSR count). The Hall–Kier alpha value is -9.33. The molecular formula is C70H39N3OS2. The number of aromatic nitrogens is 3. The summed E-state index contributed by atoms with van der Waals surface area (Å²) in [5.41, 5.74) is 19.1. The van der Waals surface area contributed by atoms with Gasteiger partial charge in [-0.3, -0.25) is 0 Å². The molecule has 352 valence electrons. The number of fused-ring (bicyclic) bond motifs is 19. The fourth-order valence-corrected chi connectivity index (χ4v) is 15.4. The Labute approximate surface area is 444 Å². The molecule has 0 radical (unpaired) electrons. The summed E-state index contributed by atoms with van der Waals surface area (Å²) in [4.78, 5) is 16.3. The number of nitrogens with zero attached hydrogens (tertiary/aromatic N) is 3. The van der Waals surface area contributed by atoms with Crippen LogP contribution in [0, 0.1) is 0 Å². The van der Waals surface area contributed by atoms with Gasteiger partial charge >= 0.3 is 0 Å². The van der Waals surface area contributed by atoms with E-state index in [1.807, 2.05) is 0 Å². The molecule has 1 spiro atoms. The lowest BCUT2D eigenvalue weighted by molar-refractivity contribution is 0.669. The van der Waals surface area contributed by atoms with Gasteiger partial charge in [-0.1, -0.05) is 188 Å². The third-order valence-electron chi connectivity index (χ3n) is 16.2. The Bertz CT molecular complexity index is 4920. The van der Waals surface area contributed by atoms with E-state index in [4.69, 9.17) is 19.4 Å². The maximum atomic E-state index is 6.74. The number of furan rings is 1. The molecule has 0 unspecified atom stereocenters. The van der Waals surface area contributed by atoms with Crippen molar-refractivity contribution in [1.29, 1.82) is 0 Å². The third-order valence-corrected chi connectivity index (χ3v) is 18.5. The van der Waals surface area contributed by atoms with Crippen LogP contribution in [0.4, 0.5) is 0 Å². The van der Waals surface area contributed by atoms with Crippen LogP contribution in [-0.2, 0) is 5.41 Å². The standard InChI is InChI=1S/C70H39N3OS2/c1-6-29-55-44(18-1)45-19-2-7-30-56(45)70(55)57-31-8-3-20-46(57)48-24-12-23-43(65(48)70)42-17-11-16-40(38-42)41-36-37-58-54(39-41)63-51(26-14-32-59(63)74-58)67-71-68(52-27-15-35-62-64(52)50-22-5-10-34-61(50)75-62)73-69(72-67)53-28-13-25-49-47-21-4-9-33-60(47)76-66(49)53/h1-39H. The molecule has 0 bridgehead atoms. The number of rotatable bonds is 5. The zero-order valence-corrected chi connectivity index (χ0v) is 42.2. The van der Waals surface area contributed by atoms with Crippen molar-refractivity contribution in [3.05, 3.63) is 259 Å². The van der Waals surface area contributed by atoms with Crippen molar-refractivity contribution in [1.82, 2.24) is 15.0 Å². The van der Waals surface area contributed by atoms with Crippen LogP contribution in [0.5, 0.6) is 0 Å². The molecule has 0 saturated heterocycles. The van der Waals surface area contributed by atoms with Crippen LogP contribution in [0.1, 0.15) is 22.3 Å². The van der Waals surface area contributed by atoms with E-state index in [1.165, 1.54) is 85.9 Å². The Morgan fingerprint density at radius 3 is 1.57 bits per heavy atom. The topological polar surface area (TPSA) is 51.8 Å². The average Bonchev–Trinajstić information content (AvgIpc) is 4.45. The zero-order valence-electron chi connectivity index (χ0n) is 40.6. The maximum absolute atomic E-state index is 6.74. The first kappa shape index (κ1) is 42.1. The van der Waals surface area contributed by atoms with Crippen LogP contribution in [0.3, 0.4) is 0 Å². The van der Waals surface area contributed by atoms with Gasteiger partial charge in [0.1, 0.15) is 11.2 Å². The highest BCUT2D eigenvalue weighted by atomic mass is 32.1. The molecule has 11 aromatic carbocycles. The van der Waals surface area contributed by atoms with E-state index in [0.29, 0.717) is 17.5 Å². The van der Waals surface area contributed by atoms with Gasteiger partial charge in [-0.15, -0.1) is 22.7 Å². The minimum Gasteiger partial charge on any atom is -0.456 e. The fraction of sp³-hybridized carbons (Fsp3) is 0.0143. The van der Waals surface area contributed by atoms with Crippen molar-refractivity contribution in [2.75, 3.05) is 0 Å². The minimum absolute atomic E-state index is 0.458. The molecule has 4 nitrogen and oxygen atoms in total. The second-order valence-corrected chi connectivity index (χ2v) is 22.2. The van der Waals surface area contributed by atoms with Crippen molar-refractivity contribution in [3.8, 4) is 78.7 Å². The molecule has 0 fully saturated rings. The van der Waals surface area contributed by atoms with Crippen LogP contribution in [-0.4, -0.2) is 15.0 Å². The van der Waals surface area contributed by atoms with Gasteiger partial charge in [-0.2, -0.15) is 0 Å². The molecule has 4 heterocycles. The summed E-state index contributed by atoms with van der Waals surface area (Å²) >= 11 is 3.59. The summed E-state index contributed by atoms with van der Waals surface area (Å²) in [5.74, 6) is 1.87. The number of hydrogen-bond donors (Lipinski definition) is 0. The molecule has 15 aromatic rings. The molecule has 0 aliphatic heterocycles. The first-order valence-electron chi connectivity index (χ1n) is 25.7. The Kier molecular flexibility index (Phi) is 8.77. The highest BCUT2D eigenvalue weighted by Gasteiger charge is 2.52. The SMILES string of the molecule is c1cc(-c2ccc3oc4cccc(-c5nc(-c6cccc7c6sc6ccccc67)nc(-c6cccc7sc8ccccc8c67)n5)c4c3c2)cc(-c2cccc3c2C2(c4ccccc4-c4ccccc42)c2ccccc2-3)c1. The molecule has 6 heteroatoms.